The number of rotatable bonds is 6. The second-order valence-corrected chi connectivity index (χ2v) is 5.30. The maximum atomic E-state index is 11.2. The Kier molecular flexibility index (Phi) is 4.57. The third-order valence-corrected chi connectivity index (χ3v) is 3.11. The molecule has 1 aromatic carbocycles. The molecule has 6 nitrogen and oxygen atoms in total. The van der Waals surface area contributed by atoms with Gasteiger partial charge in [0.05, 0.1) is 19.3 Å². The molecule has 0 unspecified atom stereocenters. The van der Waals surface area contributed by atoms with Crippen molar-refractivity contribution >= 4 is 5.97 Å². The summed E-state index contributed by atoms with van der Waals surface area (Å²) in [5, 5.41) is 17.0. The molecule has 0 fully saturated rings. The summed E-state index contributed by atoms with van der Waals surface area (Å²) in [4.78, 5) is 11.2. The first-order valence-electron chi connectivity index (χ1n) is 6.79. The van der Waals surface area contributed by atoms with Gasteiger partial charge in [0.25, 0.3) is 0 Å². The van der Waals surface area contributed by atoms with Crippen LogP contribution < -0.4 is 4.74 Å². The van der Waals surface area contributed by atoms with Crippen molar-refractivity contribution in [3.05, 3.63) is 41.2 Å². The predicted octanol–water partition coefficient (Wildman–Crippen LogP) is 2.23. The van der Waals surface area contributed by atoms with Gasteiger partial charge < -0.3 is 9.84 Å². The lowest BCUT2D eigenvalue weighted by Gasteiger charge is -2.10. The quantitative estimate of drug-likeness (QED) is 0.882. The number of carboxylic acids is 1. The number of carboxylic acid groups (broad SMARTS) is 1. The average molecular weight is 289 g/mol. The van der Waals surface area contributed by atoms with E-state index in [1.165, 1.54) is 0 Å². The molecule has 1 aromatic heterocycles. The Labute approximate surface area is 123 Å². The molecule has 0 saturated heterocycles. The summed E-state index contributed by atoms with van der Waals surface area (Å²) in [6.07, 6.45) is 0.624. The molecule has 0 bridgehead atoms. The Balaban J connectivity index is 2.32. The maximum Gasteiger partial charge on any atom is 0.358 e. The van der Waals surface area contributed by atoms with Crippen molar-refractivity contribution < 1.29 is 14.6 Å². The van der Waals surface area contributed by atoms with Crippen molar-refractivity contribution in [3.63, 3.8) is 0 Å². The highest BCUT2D eigenvalue weighted by Gasteiger charge is 2.19. The average Bonchev–Trinajstić information content (AvgIpc) is 2.81. The van der Waals surface area contributed by atoms with E-state index >= 15 is 0 Å². The zero-order valence-corrected chi connectivity index (χ0v) is 12.4. The van der Waals surface area contributed by atoms with Gasteiger partial charge in [0, 0.05) is 0 Å². The van der Waals surface area contributed by atoms with Crippen molar-refractivity contribution in [3.8, 4) is 5.75 Å². The molecule has 1 N–H and O–H groups in total. The number of hydrogen-bond acceptors (Lipinski definition) is 4. The molecule has 0 radical (unpaired) electrons. The number of aromatic nitrogens is 3. The molecule has 0 saturated carbocycles. The number of benzene rings is 1. The highest BCUT2D eigenvalue weighted by molar-refractivity contribution is 5.86. The van der Waals surface area contributed by atoms with Gasteiger partial charge >= 0.3 is 5.97 Å². The first-order chi connectivity index (χ1) is 10.0. The standard InChI is InChI=1S/C15H19N3O3/c1-10(2)7-13-14(15(19)20)16-17-18(13)9-11-5-4-6-12(8-11)21-3/h4-6,8,10H,7,9H2,1-3H3,(H,19,20). The summed E-state index contributed by atoms with van der Waals surface area (Å²) in [7, 11) is 1.61. The monoisotopic (exact) mass is 289 g/mol. The van der Waals surface area contributed by atoms with Crippen molar-refractivity contribution in [2.24, 2.45) is 5.92 Å². The van der Waals surface area contributed by atoms with Crippen LogP contribution in [0.1, 0.15) is 35.6 Å². The minimum atomic E-state index is -1.04. The number of ether oxygens (including phenoxy) is 1. The van der Waals surface area contributed by atoms with Crippen LogP contribution in [0.25, 0.3) is 0 Å². The largest absolute Gasteiger partial charge is 0.497 e. The third kappa shape index (κ3) is 3.59. The fraction of sp³-hybridized carbons (Fsp3) is 0.400. The Bertz CT molecular complexity index is 635. The smallest absolute Gasteiger partial charge is 0.358 e. The van der Waals surface area contributed by atoms with Crippen molar-refractivity contribution in [1.29, 1.82) is 0 Å². The molecule has 6 heteroatoms. The molecule has 2 aromatic rings. The number of methoxy groups -OCH3 is 1. The number of carbonyl (C=O) groups is 1. The first-order valence-corrected chi connectivity index (χ1v) is 6.79. The fourth-order valence-corrected chi connectivity index (χ4v) is 2.16. The number of nitrogens with zero attached hydrogens (tertiary/aromatic N) is 3. The van der Waals surface area contributed by atoms with Crippen LogP contribution in [0.3, 0.4) is 0 Å². The van der Waals surface area contributed by atoms with E-state index in [0.717, 1.165) is 11.3 Å². The zero-order valence-electron chi connectivity index (χ0n) is 12.4. The topological polar surface area (TPSA) is 77.2 Å². The molecule has 0 aliphatic rings. The molecule has 0 atom stereocenters. The van der Waals surface area contributed by atoms with Gasteiger partial charge in [0.1, 0.15) is 5.75 Å². The predicted molar refractivity (Wildman–Crippen MR) is 77.6 cm³/mol. The normalized spacial score (nSPS) is 10.9. The molecule has 0 aliphatic carbocycles. The van der Waals surface area contributed by atoms with E-state index in [1.807, 2.05) is 38.1 Å². The molecular formula is C15H19N3O3. The molecule has 2 rings (SSSR count). The molecule has 0 amide bonds. The lowest BCUT2D eigenvalue weighted by atomic mass is 10.1. The summed E-state index contributed by atoms with van der Waals surface area (Å²) in [6, 6.07) is 7.61. The number of hydrogen-bond donors (Lipinski definition) is 1. The lowest BCUT2D eigenvalue weighted by Crippen LogP contribution is -2.12. The minimum absolute atomic E-state index is 0.0339. The van der Waals surface area contributed by atoms with Crippen LogP contribution in [-0.2, 0) is 13.0 Å². The summed E-state index contributed by atoms with van der Waals surface area (Å²) < 4.78 is 6.84. The number of aromatic carboxylic acids is 1. The van der Waals surface area contributed by atoms with Crippen molar-refractivity contribution in [2.45, 2.75) is 26.8 Å². The van der Waals surface area contributed by atoms with Gasteiger partial charge in [-0.15, -0.1) is 5.10 Å². The van der Waals surface area contributed by atoms with Crippen LogP contribution in [0, 0.1) is 5.92 Å². The Hall–Kier alpha value is -2.37. The Morgan fingerprint density at radius 2 is 2.19 bits per heavy atom. The van der Waals surface area contributed by atoms with Gasteiger partial charge in [-0.2, -0.15) is 0 Å². The summed E-state index contributed by atoms with van der Waals surface area (Å²) >= 11 is 0. The zero-order chi connectivity index (χ0) is 15.4. The second kappa shape index (κ2) is 6.39. The van der Waals surface area contributed by atoms with Gasteiger partial charge in [0.15, 0.2) is 5.69 Å². The van der Waals surface area contributed by atoms with E-state index < -0.39 is 5.97 Å². The molecule has 112 valence electrons. The first kappa shape index (κ1) is 15.0. The SMILES string of the molecule is COc1cccc(Cn2nnc(C(=O)O)c2CC(C)C)c1. The molecule has 0 aliphatic heterocycles. The van der Waals surface area contributed by atoms with Gasteiger partial charge in [-0.1, -0.05) is 31.2 Å². The van der Waals surface area contributed by atoms with Crippen molar-refractivity contribution in [1.82, 2.24) is 15.0 Å². The maximum absolute atomic E-state index is 11.2. The van der Waals surface area contributed by atoms with Crippen LogP contribution in [0.5, 0.6) is 5.75 Å². The van der Waals surface area contributed by atoms with Gasteiger partial charge in [-0.05, 0) is 30.0 Å². The molecule has 21 heavy (non-hydrogen) atoms. The summed E-state index contributed by atoms with van der Waals surface area (Å²) in [5.41, 5.74) is 1.67. The van der Waals surface area contributed by atoms with E-state index in [9.17, 15) is 9.90 Å². The van der Waals surface area contributed by atoms with E-state index in [4.69, 9.17) is 4.74 Å². The Morgan fingerprint density at radius 1 is 1.43 bits per heavy atom. The van der Waals surface area contributed by atoms with Gasteiger partial charge in [-0.25, -0.2) is 9.48 Å². The minimum Gasteiger partial charge on any atom is -0.497 e. The fourth-order valence-electron chi connectivity index (χ4n) is 2.16. The van der Waals surface area contributed by atoms with Gasteiger partial charge in [0.2, 0.25) is 0 Å². The van der Waals surface area contributed by atoms with Crippen LogP contribution in [-0.4, -0.2) is 33.2 Å². The molecular weight excluding hydrogens is 270 g/mol. The highest BCUT2D eigenvalue weighted by atomic mass is 16.5. The van der Waals surface area contributed by atoms with E-state index in [-0.39, 0.29) is 5.69 Å². The third-order valence-electron chi connectivity index (χ3n) is 3.11. The van der Waals surface area contributed by atoms with E-state index in [1.54, 1.807) is 11.8 Å². The summed E-state index contributed by atoms with van der Waals surface area (Å²) in [5.74, 6) is 0.0460. The Morgan fingerprint density at radius 3 is 2.81 bits per heavy atom. The van der Waals surface area contributed by atoms with Crippen molar-refractivity contribution in [2.75, 3.05) is 7.11 Å². The highest BCUT2D eigenvalue weighted by Crippen LogP contribution is 2.17. The van der Waals surface area contributed by atoms with Gasteiger partial charge in [-0.3, -0.25) is 0 Å². The lowest BCUT2D eigenvalue weighted by molar-refractivity contribution is 0.0689. The van der Waals surface area contributed by atoms with E-state index in [0.29, 0.717) is 24.6 Å². The molecule has 0 spiro atoms. The second-order valence-electron chi connectivity index (χ2n) is 5.30. The van der Waals surface area contributed by atoms with Crippen LogP contribution in [0.15, 0.2) is 24.3 Å². The summed E-state index contributed by atoms with van der Waals surface area (Å²) in [6.45, 7) is 4.54. The van der Waals surface area contributed by atoms with Crippen LogP contribution >= 0.6 is 0 Å². The van der Waals surface area contributed by atoms with Crippen LogP contribution in [0.4, 0.5) is 0 Å². The molecule has 1 heterocycles. The van der Waals surface area contributed by atoms with E-state index in [2.05, 4.69) is 10.3 Å². The van der Waals surface area contributed by atoms with Crippen LogP contribution in [0.2, 0.25) is 0 Å².